The van der Waals surface area contributed by atoms with Gasteiger partial charge in [-0.15, -0.1) is 0 Å². The summed E-state index contributed by atoms with van der Waals surface area (Å²) in [7, 11) is 0. The van der Waals surface area contributed by atoms with Crippen LogP contribution in [0.25, 0.3) is 0 Å². The Morgan fingerprint density at radius 1 is 1.45 bits per heavy atom. The van der Waals surface area contributed by atoms with Crippen molar-refractivity contribution in [1.82, 2.24) is 0 Å². The van der Waals surface area contributed by atoms with Crippen LogP contribution in [0.2, 0.25) is 0 Å². The highest BCUT2D eigenvalue weighted by Crippen LogP contribution is 2.14. The van der Waals surface area contributed by atoms with Gasteiger partial charge in [0.1, 0.15) is 6.67 Å². The zero-order chi connectivity index (χ0) is 8.27. The number of rotatable bonds is 2. The molecule has 1 rings (SSSR count). The Balaban J connectivity index is 2.93. The first kappa shape index (κ1) is 8.21. The average molecular weight is 153 g/mol. The Hall–Kier alpha value is -0.890. The van der Waals surface area contributed by atoms with Gasteiger partial charge in [-0.2, -0.15) is 0 Å². The number of halogens is 1. The summed E-state index contributed by atoms with van der Waals surface area (Å²) in [6.07, 6.45) is 0. The monoisotopic (exact) mass is 153 g/mol. The largest absolute Gasteiger partial charge is 0.322 e. The maximum Gasteiger partial charge on any atom is 0.109 e. The molecular formula is C9H12FN. The molecule has 0 aliphatic rings. The van der Waals surface area contributed by atoms with Gasteiger partial charge < -0.3 is 5.73 Å². The van der Waals surface area contributed by atoms with Crippen molar-refractivity contribution in [3.8, 4) is 0 Å². The number of benzene rings is 1. The molecular weight excluding hydrogens is 141 g/mol. The second-order valence-electron chi connectivity index (χ2n) is 2.62. The van der Waals surface area contributed by atoms with E-state index < -0.39 is 12.7 Å². The highest BCUT2D eigenvalue weighted by atomic mass is 19.1. The molecule has 0 bridgehead atoms. The maximum absolute atomic E-state index is 12.1. The number of hydrogen-bond acceptors (Lipinski definition) is 1. The molecule has 0 saturated carbocycles. The molecule has 60 valence electrons. The third-order valence-electron chi connectivity index (χ3n) is 1.75. The Labute approximate surface area is 66.0 Å². The highest BCUT2D eigenvalue weighted by molar-refractivity contribution is 5.28. The fourth-order valence-corrected chi connectivity index (χ4v) is 1.09. The second kappa shape index (κ2) is 3.49. The van der Waals surface area contributed by atoms with Gasteiger partial charge in [0.15, 0.2) is 0 Å². The fraction of sp³-hybridized carbons (Fsp3) is 0.333. The van der Waals surface area contributed by atoms with Gasteiger partial charge in [0.2, 0.25) is 0 Å². The van der Waals surface area contributed by atoms with Crippen LogP contribution >= 0.6 is 0 Å². The van der Waals surface area contributed by atoms with Crippen molar-refractivity contribution < 1.29 is 4.39 Å². The van der Waals surface area contributed by atoms with Crippen molar-refractivity contribution in [1.29, 1.82) is 0 Å². The van der Waals surface area contributed by atoms with E-state index in [1.807, 2.05) is 31.2 Å². The van der Waals surface area contributed by atoms with Crippen LogP contribution in [0.4, 0.5) is 4.39 Å². The van der Waals surface area contributed by atoms with Gasteiger partial charge in [0.05, 0.1) is 6.04 Å². The van der Waals surface area contributed by atoms with Gasteiger partial charge in [-0.25, -0.2) is 4.39 Å². The topological polar surface area (TPSA) is 26.0 Å². The lowest BCUT2D eigenvalue weighted by atomic mass is 10.0. The number of aryl methyl sites for hydroxylation is 1. The first-order valence-electron chi connectivity index (χ1n) is 3.62. The van der Waals surface area contributed by atoms with E-state index in [4.69, 9.17) is 5.73 Å². The van der Waals surface area contributed by atoms with Crippen LogP contribution in [0.3, 0.4) is 0 Å². The van der Waals surface area contributed by atoms with Gasteiger partial charge in [0.25, 0.3) is 0 Å². The molecule has 1 nitrogen and oxygen atoms in total. The molecule has 2 N–H and O–H groups in total. The van der Waals surface area contributed by atoms with Crippen molar-refractivity contribution in [3.63, 3.8) is 0 Å². The Bertz CT molecular complexity index is 235. The van der Waals surface area contributed by atoms with Gasteiger partial charge in [-0.1, -0.05) is 24.3 Å². The average Bonchev–Trinajstić information content (AvgIpc) is 2.04. The van der Waals surface area contributed by atoms with Crippen molar-refractivity contribution in [3.05, 3.63) is 35.4 Å². The summed E-state index contributed by atoms with van der Waals surface area (Å²) in [5.41, 5.74) is 7.47. The maximum atomic E-state index is 12.1. The summed E-state index contributed by atoms with van der Waals surface area (Å²) >= 11 is 0. The molecule has 1 atom stereocenters. The van der Waals surface area contributed by atoms with Crippen LogP contribution in [-0.4, -0.2) is 6.67 Å². The minimum atomic E-state index is -0.495. The number of alkyl halides is 1. The molecule has 0 aliphatic heterocycles. The van der Waals surface area contributed by atoms with E-state index in [1.165, 1.54) is 0 Å². The summed E-state index contributed by atoms with van der Waals surface area (Å²) < 4.78 is 12.1. The SMILES string of the molecule is Cc1ccccc1C(N)CF. The first-order valence-corrected chi connectivity index (χ1v) is 3.62. The van der Waals surface area contributed by atoms with Crippen molar-refractivity contribution in [2.24, 2.45) is 5.73 Å². The van der Waals surface area contributed by atoms with E-state index in [0.717, 1.165) is 11.1 Å². The smallest absolute Gasteiger partial charge is 0.109 e. The molecule has 2 heteroatoms. The van der Waals surface area contributed by atoms with Gasteiger partial charge in [0, 0.05) is 0 Å². The predicted molar refractivity (Wildman–Crippen MR) is 44.1 cm³/mol. The van der Waals surface area contributed by atoms with E-state index in [9.17, 15) is 4.39 Å². The summed E-state index contributed by atoms with van der Waals surface area (Å²) in [6.45, 7) is 1.44. The minimum absolute atomic E-state index is 0.462. The molecule has 0 saturated heterocycles. The van der Waals surface area contributed by atoms with Crippen LogP contribution in [0, 0.1) is 6.92 Å². The van der Waals surface area contributed by atoms with Crippen molar-refractivity contribution >= 4 is 0 Å². The second-order valence-corrected chi connectivity index (χ2v) is 2.62. The molecule has 0 aliphatic carbocycles. The molecule has 0 spiro atoms. The summed E-state index contributed by atoms with van der Waals surface area (Å²) in [4.78, 5) is 0. The highest BCUT2D eigenvalue weighted by Gasteiger charge is 2.06. The Morgan fingerprint density at radius 2 is 2.09 bits per heavy atom. The number of hydrogen-bond donors (Lipinski definition) is 1. The Kier molecular flexibility index (Phi) is 2.60. The summed E-state index contributed by atoms with van der Waals surface area (Å²) in [6, 6.07) is 7.13. The zero-order valence-electron chi connectivity index (χ0n) is 6.55. The van der Waals surface area contributed by atoms with Crippen LogP contribution < -0.4 is 5.73 Å². The summed E-state index contributed by atoms with van der Waals surface area (Å²) in [5, 5.41) is 0. The van der Waals surface area contributed by atoms with Crippen LogP contribution in [-0.2, 0) is 0 Å². The minimum Gasteiger partial charge on any atom is -0.322 e. The third kappa shape index (κ3) is 1.77. The van der Waals surface area contributed by atoms with Crippen molar-refractivity contribution in [2.45, 2.75) is 13.0 Å². The molecule has 0 heterocycles. The van der Waals surface area contributed by atoms with E-state index in [0.29, 0.717) is 0 Å². The first-order chi connectivity index (χ1) is 5.25. The van der Waals surface area contributed by atoms with Crippen LogP contribution in [0.15, 0.2) is 24.3 Å². The number of nitrogens with two attached hydrogens (primary N) is 1. The molecule has 0 fully saturated rings. The molecule has 0 radical (unpaired) electrons. The van der Waals surface area contributed by atoms with Gasteiger partial charge in [-0.3, -0.25) is 0 Å². The zero-order valence-corrected chi connectivity index (χ0v) is 6.55. The van der Waals surface area contributed by atoms with E-state index in [-0.39, 0.29) is 0 Å². The van der Waals surface area contributed by atoms with E-state index in [1.54, 1.807) is 0 Å². The van der Waals surface area contributed by atoms with Crippen LogP contribution in [0.5, 0.6) is 0 Å². The lowest BCUT2D eigenvalue weighted by molar-refractivity contribution is 0.436. The molecule has 0 aromatic heterocycles. The normalized spacial score (nSPS) is 13.0. The van der Waals surface area contributed by atoms with Crippen LogP contribution in [0.1, 0.15) is 17.2 Å². The molecule has 1 aromatic carbocycles. The molecule has 1 unspecified atom stereocenters. The van der Waals surface area contributed by atoms with Gasteiger partial charge in [-0.05, 0) is 18.1 Å². The van der Waals surface area contributed by atoms with E-state index in [2.05, 4.69) is 0 Å². The Morgan fingerprint density at radius 3 is 2.64 bits per heavy atom. The van der Waals surface area contributed by atoms with Gasteiger partial charge >= 0.3 is 0 Å². The standard InChI is InChI=1S/C9H12FN/c1-7-4-2-3-5-8(7)9(11)6-10/h2-5,9H,6,11H2,1H3. The lowest BCUT2D eigenvalue weighted by Gasteiger charge is -2.09. The lowest BCUT2D eigenvalue weighted by Crippen LogP contribution is -2.13. The fourth-order valence-electron chi connectivity index (χ4n) is 1.09. The molecule has 1 aromatic rings. The quantitative estimate of drug-likeness (QED) is 0.690. The van der Waals surface area contributed by atoms with E-state index >= 15 is 0 Å². The predicted octanol–water partition coefficient (Wildman–Crippen LogP) is 1.96. The third-order valence-corrected chi connectivity index (χ3v) is 1.75. The molecule has 0 amide bonds. The molecule has 11 heavy (non-hydrogen) atoms. The van der Waals surface area contributed by atoms with Crippen molar-refractivity contribution in [2.75, 3.05) is 6.67 Å². The summed E-state index contributed by atoms with van der Waals surface area (Å²) in [5.74, 6) is 0.